The molecule has 1 aromatic carbocycles. The molecule has 0 aliphatic heterocycles. The van der Waals surface area contributed by atoms with Crippen molar-refractivity contribution < 1.29 is 18.5 Å². The van der Waals surface area contributed by atoms with Gasteiger partial charge in [-0.3, -0.25) is 14.7 Å². The van der Waals surface area contributed by atoms with E-state index in [2.05, 4.69) is 0 Å². The Morgan fingerprint density at radius 2 is 1.84 bits per heavy atom. The monoisotopic (exact) mass is 287 g/mol. The Morgan fingerprint density at radius 3 is 2.26 bits per heavy atom. The lowest BCUT2D eigenvalue weighted by atomic mass is 10.1. The maximum absolute atomic E-state index is 12.4. The quantitative estimate of drug-likeness (QED) is 0.434. The van der Waals surface area contributed by atoms with Crippen LogP contribution in [0.15, 0.2) is 18.2 Å². The smallest absolute Gasteiger partial charge is 0.309 e. The Kier molecular flexibility index (Phi) is 5.66. The molecular weight excluding hydrogens is 269 g/mol. The molecule has 7 heteroatoms. The highest BCUT2D eigenvalue weighted by molar-refractivity contribution is 7.53. The molecule has 0 unspecified atom stereocenters. The molecule has 0 fully saturated rings. The largest absolute Gasteiger partial charge is 0.335 e. The van der Waals surface area contributed by atoms with Gasteiger partial charge in [0, 0.05) is 12.1 Å². The van der Waals surface area contributed by atoms with E-state index in [4.69, 9.17) is 9.05 Å². The fourth-order valence-corrected chi connectivity index (χ4v) is 3.52. The minimum atomic E-state index is -3.18. The molecular formula is C12H18NO5P. The molecule has 0 atom stereocenters. The van der Waals surface area contributed by atoms with E-state index in [1.807, 2.05) is 0 Å². The van der Waals surface area contributed by atoms with Crippen LogP contribution in [0, 0.1) is 17.0 Å². The molecule has 0 amide bonds. The van der Waals surface area contributed by atoms with E-state index in [0.717, 1.165) is 5.56 Å². The van der Waals surface area contributed by atoms with Crippen LogP contribution in [0.3, 0.4) is 0 Å². The average molecular weight is 287 g/mol. The van der Waals surface area contributed by atoms with Crippen LogP contribution in [-0.4, -0.2) is 18.1 Å². The molecule has 1 aromatic rings. The van der Waals surface area contributed by atoms with Gasteiger partial charge in [0.15, 0.2) is 0 Å². The van der Waals surface area contributed by atoms with Crippen LogP contribution < -0.4 is 0 Å². The zero-order valence-electron chi connectivity index (χ0n) is 11.3. The van der Waals surface area contributed by atoms with E-state index in [0.29, 0.717) is 18.8 Å². The zero-order chi connectivity index (χ0) is 14.5. The molecule has 6 nitrogen and oxygen atoms in total. The third-order valence-corrected chi connectivity index (χ3v) is 4.58. The Hall–Kier alpha value is -1.23. The zero-order valence-corrected chi connectivity index (χ0v) is 12.2. The molecule has 0 saturated carbocycles. The maximum atomic E-state index is 12.4. The molecule has 0 radical (unpaired) electrons. The van der Waals surface area contributed by atoms with E-state index in [1.165, 1.54) is 12.1 Å². The summed E-state index contributed by atoms with van der Waals surface area (Å²) in [6.45, 7) is 5.82. The summed E-state index contributed by atoms with van der Waals surface area (Å²) in [4.78, 5) is 10.2. The minimum Gasteiger partial charge on any atom is -0.309 e. The Balaban J connectivity index is 2.97. The fraction of sp³-hybridized carbons (Fsp3) is 0.500. The summed E-state index contributed by atoms with van der Waals surface area (Å²) in [5.41, 5.74) is 1.45. The lowest BCUT2D eigenvalue weighted by molar-refractivity contribution is -0.384. The molecule has 19 heavy (non-hydrogen) atoms. The van der Waals surface area contributed by atoms with Crippen molar-refractivity contribution in [3.63, 3.8) is 0 Å². The number of hydrogen-bond donors (Lipinski definition) is 0. The first kappa shape index (κ1) is 15.8. The summed E-state index contributed by atoms with van der Waals surface area (Å²) in [6.07, 6.45) is 0.124. The van der Waals surface area contributed by atoms with Gasteiger partial charge in [-0.05, 0) is 31.9 Å². The Morgan fingerprint density at radius 1 is 1.26 bits per heavy atom. The summed E-state index contributed by atoms with van der Waals surface area (Å²) in [7, 11) is -3.18. The predicted octanol–water partition coefficient (Wildman–Crippen LogP) is 3.67. The van der Waals surface area contributed by atoms with E-state index in [-0.39, 0.29) is 11.8 Å². The van der Waals surface area contributed by atoms with Gasteiger partial charge in [0.25, 0.3) is 5.69 Å². The number of non-ortho nitro benzene ring substituents is 1. The molecule has 0 aromatic heterocycles. The van der Waals surface area contributed by atoms with Crippen molar-refractivity contribution in [3.05, 3.63) is 39.4 Å². The summed E-state index contributed by atoms with van der Waals surface area (Å²) in [5.74, 6) is 0. The standard InChI is InChI=1S/C12H18NO5P/c1-4-17-19(16,18-5-2)9-11-6-7-12(13(14)15)8-10(11)3/h6-8H,4-5,9H2,1-3H3. The topological polar surface area (TPSA) is 78.7 Å². The lowest BCUT2D eigenvalue weighted by Crippen LogP contribution is -2.01. The first-order valence-corrected chi connectivity index (χ1v) is 7.76. The number of nitrogens with zero attached hydrogens (tertiary/aromatic N) is 1. The van der Waals surface area contributed by atoms with E-state index in [1.54, 1.807) is 26.8 Å². The van der Waals surface area contributed by atoms with Gasteiger partial charge in [-0.2, -0.15) is 0 Å². The van der Waals surface area contributed by atoms with Crippen LogP contribution in [0.25, 0.3) is 0 Å². The summed E-state index contributed by atoms with van der Waals surface area (Å²) in [6, 6.07) is 4.44. The number of rotatable bonds is 7. The number of nitro groups is 1. The Bertz CT molecular complexity index is 493. The maximum Gasteiger partial charge on any atom is 0.335 e. The van der Waals surface area contributed by atoms with Gasteiger partial charge in [-0.25, -0.2) is 0 Å². The van der Waals surface area contributed by atoms with Crippen molar-refractivity contribution in [2.75, 3.05) is 13.2 Å². The second-order valence-corrected chi connectivity index (χ2v) is 6.03. The highest BCUT2D eigenvalue weighted by Crippen LogP contribution is 2.51. The van der Waals surface area contributed by atoms with Crippen molar-refractivity contribution in [3.8, 4) is 0 Å². The highest BCUT2D eigenvalue weighted by atomic mass is 31.2. The average Bonchev–Trinajstić information content (AvgIpc) is 2.32. The lowest BCUT2D eigenvalue weighted by Gasteiger charge is -2.17. The van der Waals surface area contributed by atoms with Gasteiger partial charge in [0.05, 0.1) is 24.3 Å². The molecule has 0 spiro atoms. The van der Waals surface area contributed by atoms with Gasteiger partial charge in [0.2, 0.25) is 0 Å². The highest BCUT2D eigenvalue weighted by Gasteiger charge is 2.25. The molecule has 0 heterocycles. The normalized spacial score (nSPS) is 11.5. The third kappa shape index (κ3) is 4.42. The van der Waals surface area contributed by atoms with E-state index >= 15 is 0 Å². The second kappa shape index (κ2) is 6.80. The first-order chi connectivity index (χ1) is 8.91. The first-order valence-electron chi connectivity index (χ1n) is 6.04. The van der Waals surface area contributed by atoms with E-state index in [9.17, 15) is 14.7 Å². The van der Waals surface area contributed by atoms with E-state index < -0.39 is 12.5 Å². The number of benzene rings is 1. The van der Waals surface area contributed by atoms with Crippen LogP contribution in [0.5, 0.6) is 0 Å². The van der Waals surface area contributed by atoms with Crippen LogP contribution in [0.1, 0.15) is 25.0 Å². The molecule has 106 valence electrons. The Labute approximate surface area is 112 Å². The SMILES string of the molecule is CCOP(=O)(Cc1ccc([N+](=O)[O-])cc1C)OCC. The van der Waals surface area contributed by atoms with Crippen molar-refractivity contribution in [2.24, 2.45) is 0 Å². The number of nitro benzene ring substituents is 1. The van der Waals surface area contributed by atoms with Crippen molar-refractivity contribution >= 4 is 13.3 Å². The van der Waals surface area contributed by atoms with Gasteiger partial charge in [0.1, 0.15) is 0 Å². The van der Waals surface area contributed by atoms with Gasteiger partial charge in [-0.1, -0.05) is 6.07 Å². The van der Waals surface area contributed by atoms with Gasteiger partial charge < -0.3 is 9.05 Å². The summed E-state index contributed by atoms with van der Waals surface area (Å²) in [5, 5.41) is 10.7. The van der Waals surface area contributed by atoms with Crippen molar-refractivity contribution in [1.82, 2.24) is 0 Å². The molecule has 1 rings (SSSR count). The molecule has 0 aliphatic carbocycles. The van der Waals surface area contributed by atoms with Crippen LogP contribution >= 0.6 is 7.60 Å². The van der Waals surface area contributed by atoms with Gasteiger partial charge in [-0.15, -0.1) is 0 Å². The molecule has 0 N–H and O–H groups in total. The molecule has 0 saturated heterocycles. The van der Waals surface area contributed by atoms with Crippen LogP contribution in [-0.2, 0) is 19.8 Å². The summed E-state index contributed by atoms with van der Waals surface area (Å²) >= 11 is 0. The fourth-order valence-electron chi connectivity index (χ4n) is 1.70. The van der Waals surface area contributed by atoms with Crippen LogP contribution in [0.2, 0.25) is 0 Å². The summed E-state index contributed by atoms with van der Waals surface area (Å²) < 4.78 is 22.8. The van der Waals surface area contributed by atoms with Gasteiger partial charge >= 0.3 is 7.60 Å². The van der Waals surface area contributed by atoms with Crippen LogP contribution in [0.4, 0.5) is 5.69 Å². The minimum absolute atomic E-state index is 0.0175. The molecule has 0 bridgehead atoms. The second-order valence-electron chi connectivity index (χ2n) is 3.97. The number of hydrogen-bond acceptors (Lipinski definition) is 5. The number of aryl methyl sites for hydroxylation is 1. The van der Waals surface area contributed by atoms with Crippen molar-refractivity contribution in [1.29, 1.82) is 0 Å². The third-order valence-electron chi connectivity index (χ3n) is 2.55. The van der Waals surface area contributed by atoms with Crippen molar-refractivity contribution in [2.45, 2.75) is 26.9 Å². The predicted molar refractivity (Wildman–Crippen MR) is 72.4 cm³/mol. The molecule has 0 aliphatic rings.